The van der Waals surface area contributed by atoms with Crippen LogP contribution in [-0.2, 0) is 16.0 Å². The Morgan fingerprint density at radius 3 is 2.67 bits per heavy atom. The quantitative estimate of drug-likeness (QED) is 0.790. The van der Waals surface area contributed by atoms with Crippen LogP contribution in [0.2, 0.25) is 0 Å². The molecule has 0 aromatic heterocycles. The first-order chi connectivity index (χ1) is 10.2. The summed E-state index contributed by atoms with van der Waals surface area (Å²) in [6.07, 6.45) is 2.21. The second kappa shape index (κ2) is 5.68. The van der Waals surface area contributed by atoms with Crippen LogP contribution in [-0.4, -0.2) is 42.6 Å². The summed E-state index contributed by atoms with van der Waals surface area (Å²) >= 11 is 0. The minimum absolute atomic E-state index is 0.0636. The van der Waals surface area contributed by atoms with Crippen LogP contribution in [0.5, 0.6) is 5.75 Å². The molecule has 0 spiro atoms. The van der Waals surface area contributed by atoms with Crippen LogP contribution < -0.4 is 4.74 Å². The van der Waals surface area contributed by atoms with Crippen LogP contribution in [0, 0.1) is 0 Å². The number of carbonyl (C=O) groups excluding carboxylic acids is 2. The van der Waals surface area contributed by atoms with Crippen molar-refractivity contribution in [2.45, 2.75) is 25.7 Å². The molecule has 0 bridgehead atoms. The lowest BCUT2D eigenvalue weighted by atomic mass is 9.95. The topological polar surface area (TPSA) is 59.0 Å². The molecule has 0 unspecified atom stereocenters. The molecule has 5 nitrogen and oxygen atoms in total. The summed E-state index contributed by atoms with van der Waals surface area (Å²) < 4.78 is 5.25. The van der Waals surface area contributed by atoms with Gasteiger partial charge in [-0.25, -0.2) is 0 Å². The molecule has 0 atom stereocenters. The van der Waals surface area contributed by atoms with E-state index in [9.17, 15) is 9.59 Å². The maximum absolute atomic E-state index is 11.6. The Labute approximate surface area is 123 Å². The SMILES string of the molecule is COc1ccc2c(c1)CCN=C2CCN1C(=O)CCC1=O. The van der Waals surface area contributed by atoms with E-state index in [2.05, 4.69) is 4.99 Å². The van der Waals surface area contributed by atoms with E-state index < -0.39 is 0 Å². The van der Waals surface area contributed by atoms with Crippen LogP contribution in [0.1, 0.15) is 30.4 Å². The number of nitrogens with zero attached hydrogens (tertiary/aromatic N) is 2. The van der Waals surface area contributed by atoms with Gasteiger partial charge in [-0.3, -0.25) is 19.5 Å². The summed E-state index contributed by atoms with van der Waals surface area (Å²) in [5.41, 5.74) is 3.31. The van der Waals surface area contributed by atoms with Gasteiger partial charge in [0.1, 0.15) is 5.75 Å². The van der Waals surface area contributed by atoms with E-state index in [1.165, 1.54) is 10.5 Å². The number of fused-ring (bicyclic) bond motifs is 1. The van der Waals surface area contributed by atoms with Crippen LogP contribution in [0.4, 0.5) is 0 Å². The zero-order valence-electron chi connectivity index (χ0n) is 12.1. The lowest BCUT2D eigenvalue weighted by Gasteiger charge is -2.20. The van der Waals surface area contributed by atoms with Gasteiger partial charge in [0.15, 0.2) is 0 Å². The summed E-state index contributed by atoms with van der Waals surface area (Å²) in [7, 11) is 1.66. The average molecular weight is 286 g/mol. The molecule has 3 rings (SSSR count). The fourth-order valence-electron chi connectivity index (χ4n) is 2.89. The van der Waals surface area contributed by atoms with Gasteiger partial charge in [0.2, 0.25) is 11.8 Å². The number of aliphatic imine (C=N–C) groups is 1. The second-order valence-electron chi connectivity index (χ2n) is 5.29. The number of amides is 2. The van der Waals surface area contributed by atoms with Gasteiger partial charge in [-0.1, -0.05) is 0 Å². The highest BCUT2D eigenvalue weighted by atomic mass is 16.5. The molecule has 0 saturated carbocycles. The number of imide groups is 1. The van der Waals surface area contributed by atoms with Crippen LogP contribution in [0.3, 0.4) is 0 Å². The third kappa shape index (κ3) is 2.68. The maximum Gasteiger partial charge on any atom is 0.229 e. The molecule has 1 saturated heterocycles. The highest BCUT2D eigenvalue weighted by Crippen LogP contribution is 2.23. The Kier molecular flexibility index (Phi) is 3.73. The normalized spacial score (nSPS) is 17.8. The number of carbonyl (C=O) groups is 2. The van der Waals surface area contributed by atoms with Crippen molar-refractivity contribution in [3.8, 4) is 5.75 Å². The number of methoxy groups -OCH3 is 1. The van der Waals surface area contributed by atoms with Crippen molar-refractivity contribution in [1.29, 1.82) is 0 Å². The van der Waals surface area contributed by atoms with E-state index >= 15 is 0 Å². The molecule has 1 aromatic rings. The summed E-state index contributed by atoms with van der Waals surface area (Å²) in [5.74, 6) is 0.720. The third-order valence-corrected chi connectivity index (χ3v) is 4.03. The van der Waals surface area contributed by atoms with E-state index in [4.69, 9.17) is 4.74 Å². The van der Waals surface area contributed by atoms with Crippen molar-refractivity contribution in [1.82, 2.24) is 4.90 Å². The lowest BCUT2D eigenvalue weighted by molar-refractivity contribution is -0.138. The Morgan fingerprint density at radius 2 is 1.95 bits per heavy atom. The van der Waals surface area contributed by atoms with Gasteiger partial charge in [-0.2, -0.15) is 0 Å². The Balaban J connectivity index is 1.74. The second-order valence-corrected chi connectivity index (χ2v) is 5.29. The number of ether oxygens (including phenoxy) is 1. The van der Waals surface area contributed by atoms with Gasteiger partial charge in [-0.15, -0.1) is 0 Å². The van der Waals surface area contributed by atoms with E-state index in [1.807, 2.05) is 18.2 Å². The number of hydrogen-bond donors (Lipinski definition) is 0. The zero-order chi connectivity index (χ0) is 14.8. The molecular formula is C16H18N2O3. The first-order valence-electron chi connectivity index (χ1n) is 7.23. The van der Waals surface area contributed by atoms with E-state index in [0.717, 1.165) is 30.0 Å². The predicted octanol–water partition coefficient (Wildman–Crippen LogP) is 1.58. The average Bonchev–Trinajstić information content (AvgIpc) is 2.83. The molecule has 0 N–H and O–H groups in total. The smallest absolute Gasteiger partial charge is 0.229 e. The molecule has 110 valence electrons. The Morgan fingerprint density at radius 1 is 1.19 bits per heavy atom. The summed E-state index contributed by atoms with van der Waals surface area (Å²) in [5, 5.41) is 0. The number of benzene rings is 1. The summed E-state index contributed by atoms with van der Waals surface area (Å²) in [6.45, 7) is 1.18. The number of rotatable bonds is 4. The number of likely N-dealkylation sites (tertiary alicyclic amines) is 1. The van der Waals surface area contributed by atoms with E-state index in [0.29, 0.717) is 25.8 Å². The molecule has 0 aliphatic carbocycles. The van der Waals surface area contributed by atoms with Crippen molar-refractivity contribution in [3.63, 3.8) is 0 Å². The number of hydrogen-bond acceptors (Lipinski definition) is 4. The van der Waals surface area contributed by atoms with Gasteiger partial charge in [0.25, 0.3) is 0 Å². The monoisotopic (exact) mass is 286 g/mol. The standard InChI is InChI=1S/C16H18N2O3/c1-21-12-2-3-13-11(10-12)6-8-17-14(13)7-9-18-15(19)4-5-16(18)20/h2-3,10H,4-9H2,1H3. The van der Waals surface area contributed by atoms with Crippen LogP contribution in [0.25, 0.3) is 0 Å². The largest absolute Gasteiger partial charge is 0.497 e. The Hall–Kier alpha value is -2.17. The fourth-order valence-corrected chi connectivity index (χ4v) is 2.89. The van der Waals surface area contributed by atoms with Gasteiger partial charge in [0.05, 0.1) is 7.11 Å². The molecule has 2 amide bonds. The van der Waals surface area contributed by atoms with Crippen LogP contribution in [0.15, 0.2) is 23.2 Å². The van der Waals surface area contributed by atoms with Gasteiger partial charge >= 0.3 is 0 Å². The van der Waals surface area contributed by atoms with E-state index in [-0.39, 0.29) is 11.8 Å². The van der Waals surface area contributed by atoms with E-state index in [1.54, 1.807) is 7.11 Å². The molecule has 1 aromatic carbocycles. The molecule has 2 aliphatic heterocycles. The van der Waals surface area contributed by atoms with Gasteiger partial charge in [0, 0.05) is 38.1 Å². The molecule has 5 heteroatoms. The van der Waals surface area contributed by atoms with Crippen molar-refractivity contribution in [2.75, 3.05) is 20.2 Å². The highest BCUT2D eigenvalue weighted by Gasteiger charge is 2.29. The minimum atomic E-state index is -0.0636. The van der Waals surface area contributed by atoms with Crippen molar-refractivity contribution in [3.05, 3.63) is 29.3 Å². The molecule has 0 radical (unpaired) electrons. The first-order valence-corrected chi connectivity index (χ1v) is 7.23. The molecule has 1 fully saturated rings. The summed E-state index contributed by atoms with van der Waals surface area (Å²) in [4.78, 5) is 29.2. The van der Waals surface area contributed by atoms with Crippen molar-refractivity contribution in [2.24, 2.45) is 4.99 Å². The third-order valence-electron chi connectivity index (χ3n) is 4.03. The Bertz CT molecular complexity index is 606. The van der Waals surface area contributed by atoms with Gasteiger partial charge in [-0.05, 0) is 35.7 Å². The first kappa shape index (κ1) is 13.8. The predicted molar refractivity (Wildman–Crippen MR) is 78.7 cm³/mol. The zero-order valence-corrected chi connectivity index (χ0v) is 12.1. The van der Waals surface area contributed by atoms with Crippen molar-refractivity contribution >= 4 is 17.5 Å². The molecule has 2 aliphatic rings. The molecular weight excluding hydrogens is 268 g/mol. The van der Waals surface area contributed by atoms with Crippen molar-refractivity contribution < 1.29 is 14.3 Å². The minimum Gasteiger partial charge on any atom is -0.497 e. The lowest BCUT2D eigenvalue weighted by Crippen LogP contribution is -2.31. The van der Waals surface area contributed by atoms with Gasteiger partial charge < -0.3 is 4.74 Å². The maximum atomic E-state index is 11.6. The van der Waals surface area contributed by atoms with Crippen LogP contribution >= 0.6 is 0 Å². The molecule has 2 heterocycles. The summed E-state index contributed by atoms with van der Waals surface area (Å²) in [6, 6.07) is 5.97. The fraction of sp³-hybridized carbons (Fsp3) is 0.438. The molecule has 21 heavy (non-hydrogen) atoms. The highest BCUT2D eigenvalue weighted by molar-refractivity contribution is 6.05.